The molecule has 1 aromatic heterocycles. The van der Waals surface area contributed by atoms with Crippen LogP contribution in [0.1, 0.15) is 13.3 Å². The SMILES string of the molecule is CC(Br)CCN(C)c1nc[nH]c(=O)c1Br. The Hall–Kier alpha value is -0.360. The number of nitrogens with zero attached hydrogens (tertiary/aromatic N) is 2. The van der Waals surface area contributed by atoms with Crippen molar-refractivity contribution in [1.82, 2.24) is 9.97 Å². The first kappa shape index (κ1) is 12.7. The van der Waals surface area contributed by atoms with E-state index >= 15 is 0 Å². The first-order valence-corrected chi connectivity index (χ1v) is 6.31. The fourth-order valence-corrected chi connectivity index (χ4v) is 1.84. The zero-order valence-electron chi connectivity index (χ0n) is 8.63. The van der Waals surface area contributed by atoms with Gasteiger partial charge in [0, 0.05) is 18.4 Å². The van der Waals surface area contributed by atoms with E-state index in [4.69, 9.17) is 0 Å². The molecule has 1 heterocycles. The van der Waals surface area contributed by atoms with Gasteiger partial charge in [0.05, 0.1) is 6.33 Å². The number of aromatic amines is 1. The first-order chi connectivity index (χ1) is 7.02. The minimum absolute atomic E-state index is 0.154. The molecule has 0 aliphatic rings. The van der Waals surface area contributed by atoms with Gasteiger partial charge in [-0.1, -0.05) is 22.9 Å². The van der Waals surface area contributed by atoms with E-state index in [0.717, 1.165) is 13.0 Å². The van der Waals surface area contributed by atoms with Crippen LogP contribution in [0.4, 0.5) is 5.82 Å². The molecule has 84 valence electrons. The van der Waals surface area contributed by atoms with E-state index in [-0.39, 0.29) is 5.56 Å². The molecule has 0 fully saturated rings. The Morgan fingerprint density at radius 2 is 2.33 bits per heavy atom. The van der Waals surface area contributed by atoms with Gasteiger partial charge in [0.1, 0.15) is 10.3 Å². The van der Waals surface area contributed by atoms with Crippen LogP contribution < -0.4 is 10.5 Å². The molecule has 0 aliphatic heterocycles. The predicted octanol–water partition coefficient (Wildman–Crippen LogP) is 2.14. The molecule has 1 rings (SSSR count). The third kappa shape index (κ3) is 3.61. The van der Waals surface area contributed by atoms with Gasteiger partial charge in [0.2, 0.25) is 0 Å². The average molecular weight is 339 g/mol. The molecule has 1 atom stereocenters. The predicted molar refractivity (Wildman–Crippen MR) is 68.8 cm³/mol. The second kappa shape index (κ2) is 5.65. The molecule has 0 aromatic carbocycles. The van der Waals surface area contributed by atoms with Gasteiger partial charge in [-0.15, -0.1) is 0 Å². The summed E-state index contributed by atoms with van der Waals surface area (Å²) in [5.41, 5.74) is -0.154. The fourth-order valence-electron chi connectivity index (χ4n) is 1.12. The zero-order chi connectivity index (χ0) is 11.4. The summed E-state index contributed by atoms with van der Waals surface area (Å²) in [6.07, 6.45) is 2.41. The Labute approximate surface area is 105 Å². The van der Waals surface area contributed by atoms with Gasteiger partial charge in [0.25, 0.3) is 5.56 Å². The van der Waals surface area contributed by atoms with E-state index in [0.29, 0.717) is 15.1 Å². The largest absolute Gasteiger partial charge is 0.358 e. The van der Waals surface area contributed by atoms with Crippen molar-refractivity contribution in [2.24, 2.45) is 0 Å². The average Bonchev–Trinajstić information content (AvgIpc) is 2.18. The summed E-state index contributed by atoms with van der Waals surface area (Å²) in [4.78, 5) is 20.4. The molecule has 0 saturated heterocycles. The van der Waals surface area contributed by atoms with Crippen LogP contribution >= 0.6 is 31.9 Å². The van der Waals surface area contributed by atoms with Gasteiger partial charge in [-0.25, -0.2) is 4.98 Å². The Morgan fingerprint density at radius 3 is 2.93 bits per heavy atom. The summed E-state index contributed by atoms with van der Waals surface area (Å²) in [6.45, 7) is 2.94. The van der Waals surface area contributed by atoms with Crippen molar-refractivity contribution in [3.05, 3.63) is 21.2 Å². The minimum Gasteiger partial charge on any atom is -0.358 e. The van der Waals surface area contributed by atoms with Gasteiger partial charge in [0.15, 0.2) is 0 Å². The molecular formula is C9H13Br2N3O. The summed E-state index contributed by atoms with van der Waals surface area (Å²) in [7, 11) is 1.92. The molecule has 1 unspecified atom stereocenters. The number of H-pyrrole nitrogens is 1. The molecule has 0 saturated carbocycles. The summed E-state index contributed by atoms with van der Waals surface area (Å²) in [5, 5.41) is 0. The molecule has 0 amide bonds. The Morgan fingerprint density at radius 1 is 1.67 bits per heavy atom. The zero-order valence-corrected chi connectivity index (χ0v) is 11.8. The van der Waals surface area contributed by atoms with Crippen LogP contribution in [0, 0.1) is 0 Å². The number of halogens is 2. The van der Waals surface area contributed by atoms with Gasteiger partial charge in [-0.3, -0.25) is 4.79 Å². The normalized spacial score (nSPS) is 12.5. The number of aromatic nitrogens is 2. The first-order valence-electron chi connectivity index (χ1n) is 4.60. The fraction of sp³-hybridized carbons (Fsp3) is 0.556. The van der Waals surface area contributed by atoms with Gasteiger partial charge in [-0.2, -0.15) is 0 Å². The number of rotatable bonds is 4. The monoisotopic (exact) mass is 337 g/mol. The molecule has 6 heteroatoms. The minimum atomic E-state index is -0.154. The molecule has 4 nitrogen and oxygen atoms in total. The molecule has 0 spiro atoms. The van der Waals surface area contributed by atoms with Crippen LogP contribution in [0.5, 0.6) is 0 Å². The maximum Gasteiger partial charge on any atom is 0.267 e. The third-order valence-corrected chi connectivity index (χ3v) is 3.17. The lowest BCUT2D eigenvalue weighted by molar-refractivity contribution is 0.774. The van der Waals surface area contributed by atoms with Crippen molar-refractivity contribution in [1.29, 1.82) is 0 Å². The highest BCUT2D eigenvalue weighted by Crippen LogP contribution is 2.18. The molecule has 1 aromatic rings. The van der Waals surface area contributed by atoms with E-state index in [9.17, 15) is 4.79 Å². The number of hydrogen-bond donors (Lipinski definition) is 1. The lowest BCUT2D eigenvalue weighted by Crippen LogP contribution is -2.24. The lowest BCUT2D eigenvalue weighted by atomic mass is 10.3. The van der Waals surface area contributed by atoms with E-state index < -0.39 is 0 Å². The summed E-state index contributed by atoms with van der Waals surface area (Å²) in [6, 6.07) is 0. The maximum atomic E-state index is 11.3. The van der Waals surface area contributed by atoms with E-state index in [1.807, 2.05) is 11.9 Å². The van der Waals surface area contributed by atoms with Crippen molar-refractivity contribution in [2.75, 3.05) is 18.5 Å². The standard InChI is InChI=1S/C9H13Br2N3O/c1-6(10)3-4-14(2)8-7(11)9(15)13-5-12-8/h5-6H,3-4H2,1-2H3,(H,12,13,15). The van der Waals surface area contributed by atoms with Crippen LogP contribution in [0.25, 0.3) is 0 Å². The number of anilines is 1. The molecule has 15 heavy (non-hydrogen) atoms. The Kier molecular flexibility index (Phi) is 4.79. The Bertz CT molecular complexity index is 378. The Balaban J connectivity index is 2.78. The van der Waals surface area contributed by atoms with Crippen molar-refractivity contribution >= 4 is 37.7 Å². The molecule has 0 radical (unpaired) electrons. The van der Waals surface area contributed by atoms with E-state index in [1.165, 1.54) is 6.33 Å². The van der Waals surface area contributed by atoms with Crippen LogP contribution in [-0.2, 0) is 0 Å². The van der Waals surface area contributed by atoms with Crippen molar-refractivity contribution in [3.63, 3.8) is 0 Å². The maximum absolute atomic E-state index is 11.3. The topological polar surface area (TPSA) is 49.0 Å². The van der Waals surface area contributed by atoms with Crippen LogP contribution in [0.3, 0.4) is 0 Å². The smallest absolute Gasteiger partial charge is 0.267 e. The van der Waals surface area contributed by atoms with Crippen molar-refractivity contribution < 1.29 is 0 Å². The van der Waals surface area contributed by atoms with E-state index in [1.54, 1.807) is 0 Å². The number of nitrogens with one attached hydrogen (secondary N) is 1. The third-order valence-electron chi connectivity index (χ3n) is 2.00. The van der Waals surface area contributed by atoms with Crippen molar-refractivity contribution in [3.8, 4) is 0 Å². The lowest BCUT2D eigenvalue weighted by Gasteiger charge is -2.19. The second-order valence-corrected chi connectivity index (χ2v) is 5.72. The quantitative estimate of drug-likeness (QED) is 0.856. The van der Waals surface area contributed by atoms with Crippen LogP contribution in [0.2, 0.25) is 0 Å². The second-order valence-electron chi connectivity index (χ2n) is 3.36. The summed E-state index contributed by atoms with van der Waals surface area (Å²) < 4.78 is 0.481. The van der Waals surface area contributed by atoms with Crippen LogP contribution in [-0.4, -0.2) is 28.4 Å². The highest BCUT2D eigenvalue weighted by molar-refractivity contribution is 9.10. The van der Waals surface area contributed by atoms with Gasteiger partial charge < -0.3 is 9.88 Å². The molecule has 1 N–H and O–H groups in total. The van der Waals surface area contributed by atoms with Gasteiger partial charge >= 0.3 is 0 Å². The summed E-state index contributed by atoms with van der Waals surface area (Å²) >= 11 is 6.71. The molecule has 0 bridgehead atoms. The molecular weight excluding hydrogens is 326 g/mol. The van der Waals surface area contributed by atoms with Crippen molar-refractivity contribution in [2.45, 2.75) is 18.2 Å². The number of alkyl halides is 1. The molecule has 0 aliphatic carbocycles. The van der Waals surface area contributed by atoms with Crippen LogP contribution in [0.15, 0.2) is 15.6 Å². The summed E-state index contributed by atoms with van der Waals surface area (Å²) in [5.74, 6) is 0.673. The van der Waals surface area contributed by atoms with E-state index in [2.05, 4.69) is 48.8 Å². The van der Waals surface area contributed by atoms with Gasteiger partial charge in [-0.05, 0) is 22.4 Å². The highest BCUT2D eigenvalue weighted by atomic mass is 79.9. The number of hydrogen-bond acceptors (Lipinski definition) is 3. The highest BCUT2D eigenvalue weighted by Gasteiger charge is 2.10.